The minimum absolute atomic E-state index is 0.116. The lowest BCUT2D eigenvalue weighted by Gasteiger charge is -2.08. The summed E-state index contributed by atoms with van der Waals surface area (Å²) in [5.74, 6) is -1.80. The summed E-state index contributed by atoms with van der Waals surface area (Å²) in [6.45, 7) is 1.37. The van der Waals surface area contributed by atoms with Crippen LogP contribution >= 0.6 is 0 Å². The predicted molar refractivity (Wildman–Crippen MR) is 88.1 cm³/mol. The van der Waals surface area contributed by atoms with Crippen LogP contribution in [0.4, 0.5) is 14.9 Å². The second kappa shape index (κ2) is 8.58. The molecule has 1 N–H and O–H groups in total. The van der Waals surface area contributed by atoms with Gasteiger partial charge in [-0.05, 0) is 37.3 Å². The van der Waals surface area contributed by atoms with E-state index in [0.717, 1.165) is 6.07 Å². The molecule has 0 spiro atoms. The topological polar surface area (TPSA) is 81.7 Å². The number of benzene rings is 2. The summed E-state index contributed by atoms with van der Waals surface area (Å²) in [7, 11) is 0. The van der Waals surface area contributed by atoms with Crippen LogP contribution in [0.15, 0.2) is 48.5 Å². The summed E-state index contributed by atoms with van der Waals surface area (Å²) in [6.07, 6.45) is -0.644. The third-order valence-corrected chi connectivity index (χ3v) is 3.10. The second-order valence-corrected chi connectivity index (χ2v) is 4.94. The van der Waals surface area contributed by atoms with E-state index in [0.29, 0.717) is 5.69 Å². The highest BCUT2D eigenvalue weighted by Gasteiger charge is 2.13. The molecule has 0 aliphatic heterocycles. The molecule has 0 radical (unpaired) electrons. The summed E-state index contributed by atoms with van der Waals surface area (Å²) < 4.78 is 22.8. The number of hydrogen-bond acceptors (Lipinski definition) is 5. The molecule has 25 heavy (non-hydrogen) atoms. The van der Waals surface area contributed by atoms with Gasteiger partial charge in [0.25, 0.3) is 0 Å². The molecule has 0 unspecified atom stereocenters. The minimum Gasteiger partial charge on any atom is -0.454 e. The number of carbonyl (C=O) groups excluding carboxylic acids is 3. The van der Waals surface area contributed by atoms with Gasteiger partial charge in [0, 0.05) is 11.3 Å². The van der Waals surface area contributed by atoms with E-state index in [1.54, 1.807) is 19.1 Å². The third kappa shape index (κ3) is 5.42. The molecule has 1 amide bonds. The van der Waals surface area contributed by atoms with Gasteiger partial charge in [0.1, 0.15) is 5.82 Å². The Morgan fingerprint density at radius 2 is 1.72 bits per heavy atom. The Morgan fingerprint density at radius 1 is 1.00 bits per heavy atom. The molecule has 0 heterocycles. The van der Waals surface area contributed by atoms with Crippen molar-refractivity contribution in [3.63, 3.8) is 0 Å². The Labute approximate surface area is 143 Å². The Balaban J connectivity index is 1.96. The van der Waals surface area contributed by atoms with Crippen LogP contribution in [0.3, 0.4) is 0 Å². The number of esters is 1. The van der Waals surface area contributed by atoms with Crippen molar-refractivity contribution in [3.05, 3.63) is 65.5 Å². The number of anilines is 1. The largest absolute Gasteiger partial charge is 0.454 e. The predicted octanol–water partition coefficient (Wildman–Crippen LogP) is 3.43. The number of amides is 1. The number of ketones is 1. The molecule has 2 aromatic carbocycles. The van der Waals surface area contributed by atoms with E-state index in [4.69, 9.17) is 9.47 Å². The van der Waals surface area contributed by atoms with Crippen LogP contribution in [0.2, 0.25) is 0 Å². The standard InChI is InChI=1S/C18H16FNO5/c1-2-24-18(23)20-15-8-4-6-13(10-15)17(22)25-11-16(21)12-5-3-7-14(19)9-12/h3-10H,2,11H2,1H3,(H,20,23). The van der Waals surface area contributed by atoms with Gasteiger partial charge in [0.15, 0.2) is 12.4 Å². The fourth-order valence-electron chi connectivity index (χ4n) is 1.97. The molecule has 0 aliphatic rings. The Morgan fingerprint density at radius 3 is 2.44 bits per heavy atom. The Bertz CT molecular complexity index is 791. The quantitative estimate of drug-likeness (QED) is 0.641. The minimum atomic E-state index is -0.739. The molecule has 130 valence electrons. The van der Waals surface area contributed by atoms with Gasteiger partial charge >= 0.3 is 12.1 Å². The van der Waals surface area contributed by atoms with Crippen molar-refractivity contribution in [1.29, 1.82) is 0 Å². The van der Waals surface area contributed by atoms with Crippen LogP contribution < -0.4 is 5.32 Å². The van der Waals surface area contributed by atoms with Crippen molar-refractivity contribution in [2.24, 2.45) is 0 Å². The fraction of sp³-hybridized carbons (Fsp3) is 0.167. The zero-order chi connectivity index (χ0) is 18.2. The maximum Gasteiger partial charge on any atom is 0.411 e. The number of nitrogens with one attached hydrogen (secondary N) is 1. The second-order valence-electron chi connectivity index (χ2n) is 4.94. The summed E-state index contributed by atoms with van der Waals surface area (Å²) >= 11 is 0. The lowest BCUT2D eigenvalue weighted by Crippen LogP contribution is -2.16. The number of Topliss-reactive ketones (excluding diaryl/α,β-unsaturated/α-hetero) is 1. The molecule has 0 saturated carbocycles. The van der Waals surface area contributed by atoms with E-state index in [-0.39, 0.29) is 17.7 Å². The van der Waals surface area contributed by atoms with E-state index in [9.17, 15) is 18.8 Å². The molecule has 2 aromatic rings. The van der Waals surface area contributed by atoms with E-state index in [1.165, 1.54) is 30.3 Å². The average molecular weight is 345 g/mol. The summed E-state index contributed by atoms with van der Waals surface area (Å²) in [5.41, 5.74) is 0.622. The maximum absolute atomic E-state index is 13.1. The van der Waals surface area contributed by atoms with E-state index < -0.39 is 30.3 Å². The number of carbonyl (C=O) groups is 3. The first-order valence-electron chi connectivity index (χ1n) is 7.49. The average Bonchev–Trinajstić information content (AvgIpc) is 2.59. The number of ether oxygens (including phenoxy) is 2. The van der Waals surface area contributed by atoms with Crippen molar-refractivity contribution in [2.45, 2.75) is 6.92 Å². The molecule has 0 bridgehead atoms. The van der Waals surface area contributed by atoms with Gasteiger partial charge in [-0.15, -0.1) is 0 Å². The van der Waals surface area contributed by atoms with Gasteiger partial charge in [-0.3, -0.25) is 10.1 Å². The van der Waals surface area contributed by atoms with Crippen LogP contribution in [0.1, 0.15) is 27.6 Å². The number of halogens is 1. The van der Waals surface area contributed by atoms with Crippen LogP contribution in [0, 0.1) is 5.82 Å². The van der Waals surface area contributed by atoms with Gasteiger partial charge in [0.2, 0.25) is 0 Å². The smallest absolute Gasteiger partial charge is 0.411 e. The molecule has 0 atom stereocenters. The van der Waals surface area contributed by atoms with Crippen molar-refractivity contribution in [1.82, 2.24) is 0 Å². The SMILES string of the molecule is CCOC(=O)Nc1cccc(C(=O)OCC(=O)c2cccc(F)c2)c1. The lowest BCUT2D eigenvalue weighted by atomic mass is 10.1. The molecule has 6 nitrogen and oxygen atoms in total. The first-order chi connectivity index (χ1) is 12.0. The molecule has 2 rings (SSSR count). The zero-order valence-corrected chi connectivity index (χ0v) is 13.5. The molecular weight excluding hydrogens is 329 g/mol. The maximum atomic E-state index is 13.1. The first-order valence-corrected chi connectivity index (χ1v) is 7.49. The van der Waals surface area contributed by atoms with Crippen molar-refractivity contribution in [3.8, 4) is 0 Å². The summed E-state index contributed by atoms with van der Waals surface area (Å²) in [5, 5.41) is 2.46. The van der Waals surface area contributed by atoms with Crippen LogP contribution in [-0.2, 0) is 9.47 Å². The monoisotopic (exact) mass is 345 g/mol. The van der Waals surface area contributed by atoms with E-state index in [2.05, 4.69) is 5.32 Å². The molecule has 0 aromatic heterocycles. The Kier molecular flexibility index (Phi) is 6.22. The van der Waals surface area contributed by atoms with E-state index >= 15 is 0 Å². The summed E-state index contributed by atoms with van der Waals surface area (Å²) in [4.78, 5) is 35.3. The number of hydrogen-bond donors (Lipinski definition) is 1. The van der Waals surface area contributed by atoms with Crippen LogP contribution in [0.5, 0.6) is 0 Å². The third-order valence-electron chi connectivity index (χ3n) is 3.10. The normalized spacial score (nSPS) is 10.0. The lowest BCUT2D eigenvalue weighted by molar-refractivity contribution is 0.0474. The Hall–Kier alpha value is -3.22. The van der Waals surface area contributed by atoms with Crippen LogP contribution in [0.25, 0.3) is 0 Å². The highest BCUT2D eigenvalue weighted by atomic mass is 19.1. The van der Waals surface area contributed by atoms with Gasteiger partial charge in [-0.2, -0.15) is 0 Å². The van der Waals surface area contributed by atoms with Crippen molar-refractivity contribution in [2.75, 3.05) is 18.5 Å². The van der Waals surface area contributed by atoms with Gasteiger partial charge < -0.3 is 9.47 Å². The summed E-state index contributed by atoms with van der Waals surface area (Å²) in [6, 6.07) is 11.1. The molecule has 0 aliphatic carbocycles. The highest BCUT2D eigenvalue weighted by molar-refractivity contribution is 5.99. The van der Waals surface area contributed by atoms with E-state index in [1.807, 2.05) is 0 Å². The number of rotatable bonds is 6. The van der Waals surface area contributed by atoms with Gasteiger partial charge in [-0.1, -0.05) is 18.2 Å². The van der Waals surface area contributed by atoms with Crippen molar-refractivity contribution >= 4 is 23.5 Å². The first kappa shape index (κ1) is 18.1. The molecule has 0 fully saturated rings. The van der Waals surface area contributed by atoms with Gasteiger partial charge in [-0.25, -0.2) is 14.0 Å². The molecule has 0 saturated heterocycles. The zero-order valence-electron chi connectivity index (χ0n) is 13.5. The van der Waals surface area contributed by atoms with Gasteiger partial charge in [0.05, 0.1) is 12.2 Å². The van der Waals surface area contributed by atoms with Crippen molar-refractivity contribution < 1.29 is 28.2 Å². The van der Waals surface area contributed by atoms with Crippen LogP contribution in [-0.4, -0.2) is 31.1 Å². The molecule has 7 heteroatoms. The fourth-order valence-corrected chi connectivity index (χ4v) is 1.97. The highest BCUT2D eigenvalue weighted by Crippen LogP contribution is 2.13. The molecular formula is C18H16FNO5.